The molecule has 0 unspecified atom stereocenters. The summed E-state index contributed by atoms with van der Waals surface area (Å²) in [6, 6.07) is 12.1. The van der Waals surface area contributed by atoms with Crippen LogP contribution in [0.4, 0.5) is 0 Å². The Morgan fingerprint density at radius 3 is 2.67 bits per heavy atom. The standard InChI is InChI=1S/C19H18N2O3/c20-10-9-14-12-21(16-4-2-1-3-15(14)16)19(24)8-6-13-5-7-17(22)18(23)11-13/h1-8,11-12,22-23H,9-10,20H2. The molecule has 0 saturated heterocycles. The van der Waals surface area contributed by atoms with Crippen molar-refractivity contribution in [3.8, 4) is 11.5 Å². The minimum absolute atomic E-state index is 0.193. The number of fused-ring (bicyclic) bond motifs is 1. The van der Waals surface area contributed by atoms with Crippen LogP contribution < -0.4 is 5.73 Å². The number of hydrogen-bond acceptors (Lipinski definition) is 4. The van der Waals surface area contributed by atoms with Crippen LogP contribution in [0.1, 0.15) is 15.9 Å². The van der Waals surface area contributed by atoms with Crippen molar-refractivity contribution in [1.29, 1.82) is 0 Å². The normalized spacial score (nSPS) is 11.4. The Labute approximate surface area is 139 Å². The number of carbonyl (C=O) groups excluding carboxylic acids is 1. The van der Waals surface area contributed by atoms with E-state index in [4.69, 9.17) is 5.73 Å². The molecule has 1 aromatic heterocycles. The minimum atomic E-state index is -0.221. The molecule has 122 valence electrons. The first-order valence-corrected chi connectivity index (χ1v) is 7.63. The van der Waals surface area contributed by atoms with Gasteiger partial charge in [0.05, 0.1) is 5.52 Å². The van der Waals surface area contributed by atoms with E-state index < -0.39 is 0 Å². The average molecular weight is 322 g/mol. The quantitative estimate of drug-likeness (QED) is 0.509. The second-order valence-electron chi connectivity index (χ2n) is 5.50. The Kier molecular flexibility index (Phi) is 4.35. The van der Waals surface area contributed by atoms with Crippen LogP contribution in [0.15, 0.2) is 54.7 Å². The fourth-order valence-electron chi connectivity index (χ4n) is 2.68. The molecule has 0 radical (unpaired) electrons. The van der Waals surface area contributed by atoms with Crippen molar-refractivity contribution in [1.82, 2.24) is 4.57 Å². The molecule has 0 saturated carbocycles. The number of phenolic OH excluding ortho intramolecular Hbond substituents is 2. The molecule has 0 spiro atoms. The summed E-state index contributed by atoms with van der Waals surface area (Å²) < 4.78 is 1.59. The molecule has 3 aromatic rings. The van der Waals surface area contributed by atoms with Gasteiger partial charge in [0.2, 0.25) is 0 Å². The van der Waals surface area contributed by atoms with E-state index in [2.05, 4.69) is 0 Å². The van der Waals surface area contributed by atoms with Gasteiger partial charge in [-0.2, -0.15) is 0 Å². The van der Waals surface area contributed by atoms with Crippen molar-refractivity contribution in [2.75, 3.05) is 6.54 Å². The van der Waals surface area contributed by atoms with E-state index >= 15 is 0 Å². The molecular formula is C19H18N2O3. The van der Waals surface area contributed by atoms with Crippen molar-refractivity contribution in [3.05, 3.63) is 65.9 Å². The Balaban J connectivity index is 1.93. The summed E-state index contributed by atoms with van der Waals surface area (Å²) in [5.41, 5.74) is 8.14. The van der Waals surface area contributed by atoms with E-state index in [1.807, 2.05) is 30.5 Å². The maximum Gasteiger partial charge on any atom is 0.255 e. The second-order valence-corrected chi connectivity index (χ2v) is 5.50. The van der Waals surface area contributed by atoms with Gasteiger partial charge in [0.1, 0.15) is 0 Å². The zero-order valence-electron chi connectivity index (χ0n) is 13.0. The van der Waals surface area contributed by atoms with Gasteiger partial charge in [-0.3, -0.25) is 9.36 Å². The SMILES string of the molecule is NCCc1cn(C(=O)C=Cc2ccc(O)c(O)c2)c2ccccc12. The van der Waals surface area contributed by atoms with Crippen LogP contribution >= 0.6 is 0 Å². The summed E-state index contributed by atoms with van der Waals surface area (Å²) in [5.74, 6) is -0.607. The highest BCUT2D eigenvalue weighted by atomic mass is 16.3. The summed E-state index contributed by atoms with van der Waals surface area (Å²) in [6.45, 7) is 0.519. The summed E-state index contributed by atoms with van der Waals surface area (Å²) >= 11 is 0. The number of allylic oxidation sites excluding steroid dienone is 1. The monoisotopic (exact) mass is 322 g/mol. The van der Waals surface area contributed by atoms with Crippen LogP contribution in [0.25, 0.3) is 17.0 Å². The highest BCUT2D eigenvalue weighted by Crippen LogP contribution is 2.26. The van der Waals surface area contributed by atoms with Crippen molar-refractivity contribution >= 4 is 22.9 Å². The zero-order valence-corrected chi connectivity index (χ0v) is 13.0. The molecule has 0 amide bonds. The molecule has 5 nitrogen and oxygen atoms in total. The Morgan fingerprint density at radius 2 is 1.92 bits per heavy atom. The lowest BCUT2D eigenvalue weighted by molar-refractivity contribution is 0.0974. The van der Waals surface area contributed by atoms with Gasteiger partial charge >= 0.3 is 0 Å². The van der Waals surface area contributed by atoms with Gasteiger partial charge in [0.15, 0.2) is 11.5 Å². The van der Waals surface area contributed by atoms with E-state index in [1.54, 1.807) is 16.7 Å². The number of para-hydroxylation sites is 1. The lowest BCUT2D eigenvalue weighted by Crippen LogP contribution is -2.06. The number of carbonyl (C=O) groups is 1. The molecule has 2 aromatic carbocycles. The maximum absolute atomic E-state index is 12.5. The van der Waals surface area contributed by atoms with E-state index in [0.717, 1.165) is 16.5 Å². The highest BCUT2D eigenvalue weighted by Gasteiger charge is 2.11. The van der Waals surface area contributed by atoms with Crippen molar-refractivity contribution in [2.24, 2.45) is 5.73 Å². The second kappa shape index (κ2) is 6.60. The first-order chi connectivity index (χ1) is 11.6. The number of rotatable bonds is 4. The number of nitrogens with two attached hydrogens (primary N) is 1. The summed E-state index contributed by atoms with van der Waals surface area (Å²) in [4.78, 5) is 12.5. The van der Waals surface area contributed by atoms with E-state index in [0.29, 0.717) is 18.5 Å². The molecule has 0 aliphatic carbocycles. The number of nitrogens with zero attached hydrogens (tertiary/aromatic N) is 1. The topological polar surface area (TPSA) is 88.5 Å². The maximum atomic E-state index is 12.5. The molecule has 4 N–H and O–H groups in total. The van der Waals surface area contributed by atoms with Crippen LogP contribution in [0.3, 0.4) is 0 Å². The van der Waals surface area contributed by atoms with E-state index in [-0.39, 0.29) is 17.4 Å². The van der Waals surface area contributed by atoms with Crippen LogP contribution in [0.2, 0.25) is 0 Å². The van der Waals surface area contributed by atoms with Gasteiger partial charge < -0.3 is 15.9 Å². The van der Waals surface area contributed by atoms with E-state index in [9.17, 15) is 15.0 Å². The van der Waals surface area contributed by atoms with E-state index in [1.165, 1.54) is 18.2 Å². The van der Waals surface area contributed by atoms with Gasteiger partial charge in [-0.1, -0.05) is 24.3 Å². The molecule has 0 fully saturated rings. The lowest BCUT2D eigenvalue weighted by atomic mass is 10.1. The Bertz CT molecular complexity index is 926. The Hall–Kier alpha value is -3.05. The van der Waals surface area contributed by atoms with Crippen LogP contribution in [0, 0.1) is 0 Å². The molecule has 24 heavy (non-hydrogen) atoms. The predicted molar refractivity (Wildman–Crippen MR) is 94.1 cm³/mol. The largest absolute Gasteiger partial charge is 0.504 e. The number of aromatic hydroxyl groups is 2. The van der Waals surface area contributed by atoms with Crippen LogP contribution in [0.5, 0.6) is 11.5 Å². The molecule has 5 heteroatoms. The molecular weight excluding hydrogens is 304 g/mol. The smallest absolute Gasteiger partial charge is 0.255 e. The van der Waals surface area contributed by atoms with Gasteiger partial charge in [0, 0.05) is 17.7 Å². The summed E-state index contributed by atoms with van der Waals surface area (Å²) in [5, 5.41) is 19.8. The molecule has 1 heterocycles. The van der Waals surface area contributed by atoms with Gasteiger partial charge in [-0.25, -0.2) is 0 Å². The third-order valence-corrected chi connectivity index (χ3v) is 3.86. The first-order valence-electron chi connectivity index (χ1n) is 7.63. The van der Waals surface area contributed by atoms with Crippen molar-refractivity contribution in [3.63, 3.8) is 0 Å². The molecule has 0 aliphatic heterocycles. The third-order valence-electron chi connectivity index (χ3n) is 3.86. The molecule has 0 aliphatic rings. The van der Waals surface area contributed by atoms with Crippen molar-refractivity contribution in [2.45, 2.75) is 6.42 Å². The number of benzene rings is 2. The number of aromatic nitrogens is 1. The number of hydrogen-bond donors (Lipinski definition) is 3. The number of phenols is 2. The average Bonchev–Trinajstić information content (AvgIpc) is 2.95. The van der Waals surface area contributed by atoms with Gasteiger partial charge in [0.25, 0.3) is 5.91 Å². The predicted octanol–water partition coefficient (Wildman–Crippen LogP) is 2.91. The minimum Gasteiger partial charge on any atom is -0.504 e. The fourth-order valence-corrected chi connectivity index (χ4v) is 2.68. The summed E-state index contributed by atoms with van der Waals surface area (Å²) in [7, 11) is 0. The van der Waals surface area contributed by atoms with Gasteiger partial charge in [-0.05, 0) is 48.4 Å². The molecule has 0 atom stereocenters. The third kappa shape index (κ3) is 3.02. The molecule has 3 rings (SSSR count). The molecule has 0 bridgehead atoms. The Morgan fingerprint density at radius 1 is 1.12 bits per heavy atom. The highest BCUT2D eigenvalue weighted by molar-refractivity contribution is 6.01. The van der Waals surface area contributed by atoms with Crippen molar-refractivity contribution < 1.29 is 15.0 Å². The lowest BCUT2D eigenvalue weighted by Gasteiger charge is -2.00. The zero-order chi connectivity index (χ0) is 17.1. The van der Waals surface area contributed by atoms with Crippen LogP contribution in [-0.2, 0) is 6.42 Å². The summed E-state index contributed by atoms with van der Waals surface area (Å²) in [6.07, 6.45) is 5.55. The first kappa shape index (κ1) is 15.8. The van der Waals surface area contributed by atoms with Gasteiger partial charge in [-0.15, -0.1) is 0 Å². The fraction of sp³-hybridized carbons (Fsp3) is 0.105. The van der Waals surface area contributed by atoms with Crippen LogP contribution in [-0.4, -0.2) is 27.2 Å².